The van der Waals surface area contributed by atoms with E-state index in [0.717, 1.165) is 0 Å². The van der Waals surface area contributed by atoms with Crippen LogP contribution < -0.4 is 0 Å². The van der Waals surface area contributed by atoms with Crippen molar-refractivity contribution in [3.63, 3.8) is 0 Å². The van der Waals surface area contributed by atoms with Crippen LogP contribution in [0.25, 0.3) is 0 Å². The number of rotatable bonds is 2. The van der Waals surface area contributed by atoms with Crippen molar-refractivity contribution < 1.29 is 13.9 Å². The molecule has 0 N–H and O–H groups in total. The molecule has 0 atom stereocenters. The van der Waals surface area contributed by atoms with Gasteiger partial charge in [-0.25, -0.2) is 4.39 Å². The van der Waals surface area contributed by atoms with E-state index in [-0.39, 0.29) is 22.3 Å². The average Bonchev–Trinajstić information content (AvgIpc) is 2.36. The van der Waals surface area contributed by atoms with Crippen LogP contribution in [0.3, 0.4) is 0 Å². The lowest BCUT2D eigenvalue weighted by molar-refractivity contribution is 0.284. The van der Waals surface area contributed by atoms with Crippen LogP contribution in [-0.4, -0.2) is 25.6 Å². The molecule has 0 aromatic carbocycles. The molecule has 0 aromatic rings. The zero-order valence-corrected chi connectivity index (χ0v) is 10.1. The highest BCUT2D eigenvalue weighted by Crippen LogP contribution is 2.30. The van der Waals surface area contributed by atoms with Crippen LogP contribution >= 0.6 is 11.6 Å². The molecule has 6 nitrogen and oxygen atoms in total. The molecule has 0 saturated heterocycles. The Morgan fingerprint density at radius 1 is 1.06 bits per heavy atom. The number of nitriles is 2. The molecule has 92 valence electrons. The Bertz CT molecular complexity index is 546. The molecular formula is C10H6ClFN4O2. The highest BCUT2D eigenvalue weighted by atomic mass is 35.5. The van der Waals surface area contributed by atoms with E-state index in [1.807, 2.05) is 0 Å². The maximum absolute atomic E-state index is 13.9. The number of nitrogens with zero attached hydrogens (tertiary/aromatic N) is 4. The summed E-state index contributed by atoms with van der Waals surface area (Å²) in [6.45, 7) is 0. The van der Waals surface area contributed by atoms with Crippen molar-refractivity contribution in [2.45, 2.75) is 0 Å². The lowest BCUT2D eigenvalue weighted by Crippen LogP contribution is -2.23. The minimum Gasteiger partial charge on any atom is -0.493 e. The topological polar surface area (TPSA) is 90.8 Å². The zero-order valence-electron chi connectivity index (χ0n) is 9.36. The predicted molar refractivity (Wildman–Crippen MR) is 61.1 cm³/mol. The van der Waals surface area contributed by atoms with Crippen LogP contribution in [0.2, 0.25) is 0 Å². The van der Waals surface area contributed by atoms with Gasteiger partial charge in [0.05, 0.1) is 14.2 Å². The third kappa shape index (κ3) is 2.17. The van der Waals surface area contributed by atoms with Gasteiger partial charge in [0, 0.05) is 0 Å². The molecule has 0 heterocycles. The molecule has 0 saturated carbocycles. The quantitative estimate of drug-likeness (QED) is 0.564. The van der Waals surface area contributed by atoms with Crippen molar-refractivity contribution in [2.24, 2.45) is 9.98 Å². The highest BCUT2D eigenvalue weighted by Gasteiger charge is 2.34. The number of halogens is 2. The fourth-order valence-electron chi connectivity index (χ4n) is 1.29. The Morgan fingerprint density at radius 3 is 2.00 bits per heavy atom. The maximum Gasteiger partial charge on any atom is 0.206 e. The molecular weight excluding hydrogens is 263 g/mol. The van der Waals surface area contributed by atoms with Crippen LogP contribution in [0.5, 0.6) is 0 Å². The standard InChI is InChI=1S/C10H6ClFN4O2/c1-17-9-5(11)7(15-3-13)6(12)10(18-2)8(9)16-4-14/h1-2H3. The first-order chi connectivity index (χ1) is 8.62. The van der Waals surface area contributed by atoms with Crippen LogP contribution in [0.1, 0.15) is 0 Å². The molecule has 0 aliphatic heterocycles. The van der Waals surface area contributed by atoms with Gasteiger partial charge in [-0.2, -0.15) is 20.5 Å². The fraction of sp³-hybridized carbons (Fsp3) is 0.200. The van der Waals surface area contributed by atoms with Crippen LogP contribution in [0.15, 0.2) is 32.4 Å². The van der Waals surface area contributed by atoms with Crippen molar-refractivity contribution in [1.82, 2.24) is 0 Å². The summed E-state index contributed by atoms with van der Waals surface area (Å²) >= 11 is 5.83. The summed E-state index contributed by atoms with van der Waals surface area (Å²) in [6.07, 6.45) is 2.90. The molecule has 0 fully saturated rings. The number of aliphatic imine (C=N–C) groups is 2. The smallest absolute Gasteiger partial charge is 0.206 e. The molecule has 1 aliphatic carbocycles. The predicted octanol–water partition coefficient (Wildman–Crippen LogP) is 1.77. The normalized spacial score (nSPS) is 19.9. The highest BCUT2D eigenvalue weighted by molar-refractivity contribution is 6.50. The number of hydrogen-bond donors (Lipinski definition) is 0. The van der Waals surface area contributed by atoms with E-state index in [2.05, 4.69) is 9.98 Å². The van der Waals surface area contributed by atoms with E-state index in [0.29, 0.717) is 0 Å². The Balaban J connectivity index is 3.61. The van der Waals surface area contributed by atoms with E-state index in [1.165, 1.54) is 26.6 Å². The Kier molecular flexibility index (Phi) is 4.41. The van der Waals surface area contributed by atoms with Crippen molar-refractivity contribution >= 4 is 23.0 Å². The molecule has 0 spiro atoms. The second-order valence-corrected chi connectivity index (χ2v) is 3.19. The minimum absolute atomic E-state index is 0.0922. The first-order valence-electron chi connectivity index (χ1n) is 4.44. The third-order valence-corrected chi connectivity index (χ3v) is 2.33. The molecule has 0 radical (unpaired) electrons. The summed E-state index contributed by atoms with van der Waals surface area (Å²) in [5, 5.41) is 16.8. The largest absolute Gasteiger partial charge is 0.493 e. The van der Waals surface area contributed by atoms with E-state index >= 15 is 0 Å². The lowest BCUT2D eigenvalue weighted by Gasteiger charge is -2.19. The van der Waals surface area contributed by atoms with Gasteiger partial charge in [0.25, 0.3) is 0 Å². The van der Waals surface area contributed by atoms with Gasteiger partial charge in [0.1, 0.15) is 10.7 Å². The Morgan fingerprint density at radius 2 is 1.56 bits per heavy atom. The molecule has 18 heavy (non-hydrogen) atoms. The molecule has 0 amide bonds. The van der Waals surface area contributed by atoms with E-state index in [9.17, 15) is 4.39 Å². The van der Waals surface area contributed by atoms with Crippen molar-refractivity contribution in [3.8, 4) is 12.4 Å². The van der Waals surface area contributed by atoms with Gasteiger partial charge in [0.2, 0.25) is 12.4 Å². The summed E-state index contributed by atoms with van der Waals surface area (Å²) in [6, 6.07) is 0. The van der Waals surface area contributed by atoms with Crippen molar-refractivity contribution in [2.75, 3.05) is 14.2 Å². The Hall–Kier alpha value is -2.38. The number of hydrogen-bond acceptors (Lipinski definition) is 6. The van der Waals surface area contributed by atoms with Crippen molar-refractivity contribution in [3.05, 3.63) is 22.4 Å². The first-order valence-corrected chi connectivity index (χ1v) is 4.82. The Labute approximate surface area is 107 Å². The summed E-state index contributed by atoms with van der Waals surface area (Å²) < 4.78 is 23.6. The van der Waals surface area contributed by atoms with Gasteiger partial charge in [-0.05, 0) is 0 Å². The van der Waals surface area contributed by atoms with E-state index in [1.54, 1.807) is 0 Å². The monoisotopic (exact) mass is 268 g/mol. The van der Waals surface area contributed by atoms with Gasteiger partial charge in [-0.15, -0.1) is 0 Å². The van der Waals surface area contributed by atoms with Crippen LogP contribution in [0, 0.1) is 22.9 Å². The fourth-order valence-corrected chi connectivity index (χ4v) is 1.59. The molecule has 1 aliphatic rings. The van der Waals surface area contributed by atoms with E-state index < -0.39 is 11.5 Å². The molecule has 0 aromatic heterocycles. The van der Waals surface area contributed by atoms with Gasteiger partial charge < -0.3 is 9.47 Å². The van der Waals surface area contributed by atoms with E-state index in [4.69, 9.17) is 31.6 Å². The summed E-state index contributed by atoms with van der Waals surface area (Å²) in [5.74, 6) is -1.45. The van der Waals surface area contributed by atoms with Crippen LogP contribution in [-0.2, 0) is 9.47 Å². The maximum atomic E-state index is 13.9. The first kappa shape index (κ1) is 13.7. The summed E-state index contributed by atoms with van der Waals surface area (Å²) in [4.78, 5) is 6.62. The summed E-state index contributed by atoms with van der Waals surface area (Å²) in [7, 11) is 2.43. The molecule has 0 unspecified atom stereocenters. The van der Waals surface area contributed by atoms with Gasteiger partial charge >= 0.3 is 0 Å². The molecule has 8 heteroatoms. The third-order valence-electron chi connectivity index (χ3n) is 1.98. The SMILES string of the molecule is COC1=C(F)C(=NC#N)C(Cl)=C(OC)C1=NC#N. The average molecular weight is 269 g/mol. The second kappa shape index (κ2) is 5.80. The second-order valence-electron chi connectivity index (χ2n) is 2.82. The van der Waals surface area contributed by atoms with Gasteiger partial charge in [0.15, 0.2) is 23.1 Å². The lowest BCUT2D eigenvalue weighted by atomic mass is 10.1. The molecule has 1 rings (SSSR count). The van der Waals surface area contributed by atoms with Gasteiger partial charge in [-0.3, -0.25) is 0 Å². The van der Waals surface area contributed by atoms with Crippen molar-refractivity contribution in [1.29, 1.82) is 10.5 Å². The number of ether oxygens (including phenoxy) is 2. The van der Waals surface area contributed by atoms with Gasteiger partial charge in [-0.1, -0.05) is 11.6 Å². The molecule has 0 bridgehead atoms. The number of methoxy groups -OCH3 is 2. The number of allylic oxidation sites excluding steroid dienone is 2. The summed E-state index contributed by atoms with van der Waals surface area (Å²) in [5.41, 5.74) is -0.619. The minimum atomic E-state index is -0.987. The van der Waals surface area contributed by atoms with Crippen LogP contribution in [0.4, 0.5) is 4.39 Å². The zero-order chi connectivity index (χ0) is 13.7.